The van der Waals surface area contributed by atoms with Gasteiger partial charge in [0.25, 0.3) is 0 Å². The first kappa shape index (κ1) is 21.0. The number of nitrogens with zero attached hydrogens (tertiary/aromatic N) is 1. The minimum Gasteiger partial charge on any atom is -0.489 e. The normalized spacial score (nSPS) is 15.2. The molecule has 0 atom stereocenters. The molecule has 0 aliphatic carbocycles. The van der Waals surface area contributed by atoms with Gasteiger partial charge >= 0.3 is 6.18 Å². The fraction of sp³-hybridized carbons (Fsp3) is 0.348. The molecule has 1 aliphatic heterocycles. The summed E-state index contributed by atoms with van der Waals surface area (Å²) >= 11 is 0. The lowest BCUT2D eigenvalue weighted by molar-refractivity contribution is -0.186. The Hall–Kier alpha value is -2.76. The molecule has 0 N–H and O–H groups in total. The highest BCUT2D eigenvalue weighted by Crippen LogP contribution is 2.34. The number of amides is 1. The number of ether oxygens (including phenoxy) is 1. The van der Waals surface area contributed by atoms with Crippen LogP contribution in [-0.4, -0.2) is 30.1 Å². The van der Waals surface area contributed by atoms with E-state index in [1.54, 1.807) is 12.1 Å². The van der Waals surface area contributed by atoms with Crippen molar-refractivity contribution in [2.45, 2.75) is 32.0 Å². The summed E-state index contributed by atoms with van der Waals surface area (Å²) in [4.78, 5) is 14.2. The number of carbonyl (C=O) groups excluding carboxylic acids is 1. The van der Waals surface area contributed by atoms with E-state index in [1.165, 1.54) is 4.90 Å². The first-order valence-electron chi connectivity index (χ1n) is 9.63. The fourth-order valence-corrected chi connectivity index (χ4v) is 3.47. The summed E-state index contributed by atoms with van der Waals surface area (Å²) in [5, 5.41) is 0. The first-order valence-corrected chi connectivity index (χ1v) is 9.63. The van der Waals surface area contributed by atoms with Crippen LogP contribution >= 0.6 is 0 Å². The molecule has 2 aromatic carbocycles. The van der Waals surface area contributed by atoms with Crippen LogP contribution < -0.4 is 4.74 Å². The third-order valence-corrected chi connectivity index (χ3v) is 5.21. The lowest BCUT2D eigenvalue weighted by Gasteiger charge is -2.33. The van der Waals surface area contributed by atoms with Crippen LogP contribution in [0.3, 0.4) is 0 Å². The van der Waals surface area contributed by atoms with Gasteiger partial charge in [-0.05, 0) is 36.1 Å². The molecule has 2 aromatic rings. The van der Waals surface area contributed by atoms with E-state index in [-0.39, 0.29) is 38.3 Å². The first-order chi connectivity index (χ1) is 13.9. The zero-order valence-corrected chi connectivity index (χ0v) is 16.1. The molecule has 1 amide bonds. The van der Waals surface area contributed by atoms with Gasteiger partial charge in [0.05, 0.1) is 12.3 Å². The molecule has 3 rings (SSSR count). The summed E-state index contributed by atoms with van der Waals surface area (Å²) in [5.74, 6) is -0.908. The average Bonchev–Trinajstić information content (AvgIpc) is 2.73. The van der Waals surface area contributed by atoms with Crippen LogP contribution in [0.1, 0.15) is 29.5 Å². The molecule has 29 heavy (non-hydrogen) atoms. The van der Waals surface area contributed by atoms with Crippen molar-refractivity contribution in [1.29, 1.82) is 0 Å². The number of likely N-dealkylation sites (tertiary alicyclic amines) is 1. The largest absolute Gasteiger partial charge is 0.489 e. The van der Waals surface area contributed by atoms with Crippen LogP contribution in [0.25, 0.3) is 6.08 Å². The van der Waals surface area contributed by atoms with Gasteiger partial charge in [-0.1, -0.05) is 49.1 Å². The predicted molar refractivity (Wildman–Crippen MR) is 106 cm³/mol. The number of piperidine rings is 1. The zero-order chi connectivity index (χ0) is 20.9. The van der Waals surface area contributed by atoms with Gasteiger partial charge in [-0.15, -0.1) is 0 Å². The predicted octanol–water partition coefficient (Wildman–Crippen LogP) is 5.25. The minimum atomic E-state index is -4.19. The Bertz CT molecular complexity index is 841. The van der Waals surface area contributed by atoms with E-state index >= 15 is 0 Å². The zero-order valence-electron chi connectivity index (χ0n) is 16.1. The maximum Gasteiger partial charge on any atom is 0.391 e. The van der Waals surface area contributed by atoms with Gasteiger partial charge in [0.1, 0.15) is 12.4 Å². The molecule has 0 unspecified atom stereocenters. The second-order valence-electron chi connectivity index (χ2n) is 7.22. The molecule has 0 saturated carbocycles. The summed E-state index contributed by atoms with van der Waals surface area (Å²) in [6, 6.07) is 15.2. The molecule has 1 heterocycles. The van der Waals surface area contributed by atoms with Crippen molar-refractivity contribution in [3.63, 3.8) is 0 Å². The second-order valence-corrected chi connectivity index (χ2v) is 7.22. The second kappa shape index (κ2) is 9.16. The van der Waals surface area contributed by atoms with Gasteiger partial charge in [-0.2, -0.15) is 13.2 Å². The SMILES string of the molecule is C=Cc1ccc(OCc2ccccc2)c(CC(=O)N2CCC(C(F)(F)F)CC2)c1. The molecule has 1 aliphatic rings. The lowest BCUT2D eigenvalue weighted by atomic mass is 9.95. The third kappa shape index (κ3) is 5.62. The monoisotopic (exact) mass is 403 g/mol. The lowest BCUT2D eigenvalue weighted by Crippen LogP contribution is -2.42. The summed E-state index contributed by atoms with van der Waals surface area (Å²) < 4.78 is 44.5. The summed E-state index contributed by atoms with van der Waals surface area (Å²) in [6.07, 6.45) is -2.50. The third-order valence-electron chi connectivity index (χ3n) is 5.21. The van der Waals surface area contributed by atoms with Gasteiger partial charge < -0.3 is 9.64 Å². The number of carbonyl (C=O) groups is 1. The maximum atomic E-state index is 12.8. The van der Waals surface area contributed by atoms with E-state index in [0.717, 1.165) is 11.1 Å². The van der Waals surface area contributed by atoms with Crippen molar-refractivity contribution in [2.75, 3.05) is 13.1 Å². The summed E-state index contributed by atoms with van der Waals surface area (Å²) in [6.45, 7) is 4.38. The van der Waals surface area contributed by atoms with Crippen LogP contribution in [0.15, 0.2) is 55.1 Å². The molecule has 6 heteroatoms. The molecule has 0 aromatic heterocycles. The van der Waals surface area contributed by atoms with Crippen molar-refractivity contribution in [3.05, 3.63) is 71.8 Å². The van der Waals surface area contributed by atoms with E-state index in [2.05, 4.69) is 6.58 Å². The standard InChI is InChI=1S/C23H24F3NO2/c1-2-17-8-9-21(29-16-18-6-4-3-5-7-18)19(14-17)15-22(28)27-12-10-20(11-13-27)23(24,25)26/h2-9,14,20H,1,10-13,15-16H2. The maximum absolute atomic E-state index is 12.8. The Morgan fingerprint density at radius 2 is 1.83 bits per heavy atom. The van der Waals surface area contributed by atoms with Crippen LogP contribution in [-0.2, 0) is 17.8 Å². The van der Waals surface area contributed by atoms with Crippen molar-refractivity contribution >= 4 is 12.0 Å². The van der Waals surface area contributed by atoms with Crippen LogP contribution in [0.4, 0.5) is 13.2 Å². The van der Waals surface area contributed by atoms with Gasteiger partial charge in [0.2, 0.25) is 5.91 Å². The Kier molecular flexibility index (Phi) is 6.62. The van der Waals surface area contributed by atoms with Crippen LogP contribution in [0.2, 0.25) is 0 Å². The minimum absolute atomic E-state index is 0.0424. The topological polar surface area (TPSA) is 29.5 Å². The van der Waals surface area contributed by atoms with Crippen molar-refractivity contribution in [1.82, 2.24) is 4.90 Å². The molecular formula is C23H24F3NO2. The number of benzene rings is 2. The highest BCUT2D eigenvalue weighted by molar-refractivity contribution is 5.80. The molecule has 154 valence electrons. The molecule has 0 spiro atoms. The smallest absolute Gasteiger partial charge is 0.391 e. The summed E-state index contributed by atoms with van der Waals surface area (Å²) in [5.41, 5.74) is 2.57. The number of hydrogen-bond acceptors (Lipinski definition) is 2. The Balaban J connectivity index is 1.67. The number of alkyl halides is 3. The Morgan fingerprint density at radius 1 is 1.14 bits per heavy atom. The number of halogens is 3. The average molecular weight is 403 g/mol. The van der Waals surface area contributed by atoms with E-state index in [1.807, 2.05) is 42.5 Å². The van der Waals surface area contributed by atoms with Crippen molar-refractivity contribution in [2.24, 2.45) is 5.92 Å². The number of hydrogen-bond donors (Lipinski definition) is 0. The highest BCUT2D eigenvalue weighted by Gasteiger charge is 2.41. The van der Waals surface area contributed by atoms with E-state index < -0.39 is 12.1 Å². The molecule has 3 nitrogen and oxygen atoms in total. The highest BCUT2D eigenvalue weighted by atomic mass is 19.4. The van der Waals surface area contributed by atoms with Crippen LogP contribution in [0.5, 0.6) is 5.75 Å². The van der Waals surface area contributed by atoms with E-state index in [4.69, 9.17) is 4.74 Å². The number of rotatable bonds is 6. The van der Waals surface area contributed by atoms with Crippen LogP contribution in [0, 0.1) is 5.92 Å². The van der Waals surface area contributed by atoms with Gasteiger partial charge in [-0.3, -0.25) is 4.79 Å². The van der Waals surface area contributed by atoms with Crippen molar-refractivity contribution in [3.8, 4) is 5.75 Å². The molecular weight excluding hydrogens is 379 g/mol. The molecule has 1 saturated heterocycles. The molecule has 1 fully saturated rings. The molecule has 0 bridgehead atoms. The van der Waals surface area contributed by atoms with Crippen molar-refractivity contribution < 1.29 is 22.7 Å². The van der Waals surface area contributed by atoms with Gasteiger partial charge in [0.15, 0.2) is 0 Å². The summed E-state index contributed by atoms with van der Waals surface area (Å²) in [7, 11) is 0. The Labute approximate surface area is 168 Å². The fourth-order valence-electron chi connectivity index (χ4n) is 3.47. The van der Waals surface area contributed by atoms with Gasteiger partial charge in [-0.25, -0.2) is 0 Å². The molecule has 0 radical (unpaired) electrons. The van der Waals surface area contributed by atoms with E-state index in [0.29, 0.717) is 17.9 Å². The van der Waals surface area contributed by atoms with E-state index in [9.17, 15) is 18.0 Å². The Morgan fingerprint density at radius 3 is 2.45 bits per heavy atom. The quantitative estimate of drug-likeness (QED) is 0.659. The van der Waals surface area contributed by atoms with Gasteiger partial charge in [0, 0.05) is 18.7 Å².